The standard InChI is InChI=1S/C19H18O3/c1-19(2,3)13-8-9-17-14(11-13)15(18(20)21)10-12-6-4-5-7-16(12)22-17/h4-11H,1-3H3,(H,20,21). The Balaban J connectivity index is 2.25. The SMILES string of the molecule is CC(C)(C)c1ccc2c(c1)C(C(=O)O)=Cc1ccccc1O2. The Labute approximate surface area is 129 Å². The van der Waals surface area contributed by atoms with Gasteiger partial charge in [0.15, 0.2) is 0 Å². The van der Waals surface area contributed by atoms with Gasteiger partial charge in [0.25, 0.3) is 0 Å². The van der Waals surface area contributed by atoms with Gasteiger partial charge in [-0.15, -0.1) is 0 Å². The van der Waals surface area contributed by atoms with E-state index in [4.69, 9.17) is 4.74 Å². The van der Waals surface area contributed by atoms with E-state index in [0.717, 1.165) is 11.1 Å². The minimum atomic E-state index is -0.951. The van der Waals surface area contributed by atoms with Gasteiger partial charge in [0.2, 0.25) is 0 Å². The van der Waals surface area contributed by atoms with E-state index in [1.54, 1.807) is 6.08 Å². The summed E-state index contributed by atoms with van der Waals surface area (Å²) in [5, 5.41) is 9.61. The maximum Gasteiger partial charge on any atom is 0.336 e. The van der Waals surface area contributed by atoms with Crippen LogP contribution >= 0.6 is 0 Å². The van der Waals surface area contributed by atoms with Crippen LogP contribution < -0.4 is 4.74 Å². The van der Waals surface area contributed by atoms with Gasteiger partial charge in [0.05, 0.1) is 5.57 Å². The molecule has 2 aromatic rings. The number of carbonyl (C=O) groups is 1. The van der Waals surface area contributed by atoms with Crippen LogP contribution in [0.3, 0.4) is 0 Å². The normalized spacial score (nSPS) is 13.3. The Hall–Kier alpha value is -2.55. The van der Waals surface area contributed by atoms with Crippen LogP contribution in [0.2, 0.25) is 0 Å². The van der Waals surface area contributed by atoms with Gasteiger partial charge in [-0.2, -0.15) is 0 Å². The van der Waals surface area contributed by atoms with E-state index < -0.39 is 5.97 Å². The molecule has 0 fully saturated rings. The molecule has 3 heteroatoms. The average Bonchev–Trinajstić information content (AvgIpc) is 2.61. The number of benzene rings is 2. The van der Waals surface area contributed by atoms with Crippen molar-refractivity contribution < 1.29 is 14.6 Å². The monoisotopic (exact) mass is 294 g/mol. The van der Waals surface area contributed by atoms with E-state index in [-0.39, 0.29) is 11.0 Å². The van der Waals surface area contributed by atoms with Gasteiger partial charge in [-0.1, -0.05) is 45.0 Å². The zero-order chi connectivity index (χ0) is 15.9. The number of ether oxygens (including phenoxy) is 1. The quantitative estimate of drug-likeness (QED) is 0.828. The van der Waals surface area contributed by atoms with E-state index >= 15 is 0 Å². The number of hydrogen-bond acceptors (Lipinski definition) is 2. The molecule has 3 rings (SSSR count). The Bertz CT molecular complexity index is 780. The first-order valence-corrected chi connectivity index (χ1v) is 7.23. The van der Waals surface area contributed by atoms with E-state index in [1.165, 1.54) is 0 Å². The smallest absolute Gasteiger partial charge is 0.336 e. The van der Waals surface area contributed by atoms with Gasteiger partial charge in [-0.05, 0) is 35.3 Å². The van der Waals surface area contributed by atoms with Crippen molar-refractivity contribution in [2.45, 2.75) is 26.2 Å². The summed E-state index contributed by atoms with van der Waals surface area (Å²) in [7, 11) is 0. The van der Waals surface area contributed by atoms with E-state index in [0.29, 0.717) is 17.1 Å². The largest absolute Gasteiger partial charge is 0.478 e. The van der Waals surface area contributed by atoms with Crippen molar-refractivity contribution in [3.05, 3.63) is 59.2 Å². The molecule has 0 unspecified atom stereocenters. The number of rotatable bonds is 1. The lowest BCUT2D eigenvalue weighted by Gasteiger charge is -2.21. The lowest BCUT2D eigenvalue weighted by Crippen LogP contribution is -2.12. The van der Waals surface area contributed by atoms with Crippen LogP contribution in [0, 0.1) is 0 Å². The molecule has 0 radical (unpaired) electrons. The minimum Gasteiger partial charge on any atom is -0.478 e. The summed E-state index contributed by atoms with van der Waals surface area (Å²) in [5.74, 6) is 0.294. The zero-order valence-corrected chi connectivity index (χ0v) is 12.9. The summed E-state index contributed by atoms with van der Waals surface area (Å²) < 4.78 is 5.94. The Morgan fingerprint density at radius 3 is 2.45 bits per heavy atom. The molecule has 22 heavy (non-hydrogen) atoms. The lowest BCUT2D eigenvalue weighted by molar-refractivity contribution is -0.130. The van der Waals surface area contributed by atoms with Crippen LogP contribution in [-0.4, -0.2) is 11.1 Å². The van der Waals surface area contributed by atoms with E-state index in [2.05, 4.69) is 20.8 Å². The molecule has 0 amide bonds. The van der Waals surface area contributed by atoms with Crippen LogP contribution in [0.1, 0.15) is 37.5 Å². The fourth-order valence-corrected chi connectivity index (χ4v) is 2.52. The van der Waals surface area contributed by atoms with Gasteiger partial charge < -0.3 is 9.84 Å². The van der Waals surface area contributed by atoms with Gasteiger partial charge >= 0.3 is 5.97 Å². The van der Waals surface area contributed by atoms with Gasteiger partial charge in [-0.3, -0.25) is 0 Å². The molecule has 1 aliphatic heterocycles. The second-order valence-electron chi connectivity index (χ2n) is 6.46. The van der Waals surface area contributed by atoms with Gasteiger partial charge in [0, 0.05) is 11.1 Å². The third-order valence-corrected chi connectivity index (χ3v) is 3.80. The third-order valence-electron chi connectivity index (χ3n) is 3.80. The van der Waals surface area contributed by atoms with Crippen LogP contribution in [0.4, 0.5) is 0 Å². The van der Waals surface area contributed by atoms with E-state index in [1.807, 2.05) is 42.5 Å². The first-order chi connectivity index (χ1) is 10.4. The number of hydrogen-bond donors (Lipinski definition) is 1. The maximum absolute atomic E-state index is 11.7. The number of aliphatic carboxylic acids is 1. The highest BCUT2D eigenvalue weighted by Gasteiger charge is 2.23. The molecule has 1 aliphatic rings. The van der Waals surface area contributed by atoms with Crippen LogP contribution in [0.15, 0.2) is 42.5 Å². The van der Waals surface area contributed by atoms with Crippen LogP contribution in [0.25, 0.3) is 11.6 Å². The van der Waals surface area contributed by atoms with Gasteiger partial charge in [-0.25, -0.2) is 4.79 Å². The zero-order valence-electron chi connectivity index (χ0n) is 12.9. The molecule has 0 bridgehead atoms. The number of fused-ring (bicyclic) bond motifs is 2. The second kappa shape index (κ2) is 5.02. The summed E-state index contributed by atoms with van der Waals surface area (Å²) >= 11 is 0. The van der Waals surface area contributed by atoms with Crippen LogP contribution in [-0.2, 0) is 10.2 Å². The second-order valence-corrected chi connectivity index (χ2v) is 6.46. The predicted molar refractivity (Wildman–Crippen MR) is 87.2 cm³/mol. The summed E-state index contributed by atoms with van der Waals surface area (Å²) in [6.45, 7) is 6.31. The summed E-state index contributed by atoms with van der Waals surface area (Å²) in [5.41, 5.74) is 2.67. The van der Waals surface area contributed by atoms with Crippen molar-refractivity contribution in [3.8, 4) is 11.5 Å². The Morgan fingerprint density at radius 1 is 1.05 bits per heavy atom. The molecule has 1 N–H and O–H groups in total. The maximum atomic E-state index is 11.7. The topological polar surface area (TPSA) is 46.5 Å². The average molecular weight is 294 g/mol. The molecule has 0 saturated carbocycles. The molecular weight excluding hydrogens is 276 g/mol. The lowest BCUT2D eigenvalue weighted by atomic mass is 9.85. The molecule has 3 nitrogen and oxygen atoms in total. The van der Waals surface area contributed by atoms with Crippen molar-refractivity contribution in [3.63, 3.8) is 0 Å². The number of carboxylic acid groups (broad SMARTS) is 1. The fraction of sp³-hybridized carbons (Fsp3) is 0.211. The molecule has 0 saturated heterocycles. The Morgan fingerprint density at radius 2 is 1.77 bits per heavy atom. The predicted octanol–water partition coefficient (Wildman–Crippen LogP) is 4.72. The van der Waals surface area contributed by atoms with Crippen molar-refractivity contribution in [1.29, 1.82) is 0 Å². The molecular formula is C19H18O3. The Kier molecular flexibility index (Phi) is 3.28. The molecule has 0 atom stereocenters. The van der Waals surface area contributed by atoms with Crippen molar-refractivity contribution in [2.24, 2.45) is 0 Å². The summed E-state index contributed by atoms with van der Waals surface area (Å²) in [6, 6.07) is 13.2. The van der Waals surface area contributed by atoms with Crippen molar-refractivity contribution in [2.75, 3.05) is 0 Å². The fourth-order valence-electron chi connectivity index (χ4n) is 2.52. The van der Waals surface area contributed by atoms with Crippen LogP contribution in [0.5, 0.6) is 11.5 Å². The van der Waals surface area contributed by atoms with Crippen molar-refractivity contribution >= 4 is 17.6 Å². The third kappa shape index (κ3) is 2.50. The van der Waals surface area contributed by atoms with Gasteiger partial charge in [0.1, 0.15) is 11.5 Å². The van der Waals surface area contributed by atoms with E-state index in [9.17, 15) is 9.90 Å². The molecule has 2 aromatic carbocycles. The molecule has 1 heterocycles. The highest BCUT2D eigenvalue weighted by atomic mass is 16.5. The minimum absolute atomic E-state index is 0.0577. The highest BCUT2D eigenvalue weighted by molar-refractivity contribution is 6.22. The number of carboxylic acids is 1. The molecule has 0 aromatic heterocycles. The molecule has 0 spiro atoms. The highest BCUT2D eigenvalue weighted by Crippen LogP contribution is 2.39. The summed E-state index contributed by atoms with van der Waals surface area (Å²) in [6.07, 6.45) is 1.68. The van der Waals surface area contributed by atoms with Crippen molar-refractivity contribution in [1.82, 2.24) is 0 Å². The first-order valence-electron chi connectivity index (χ1n) is 7.23. The number of para-hydroxylation sites is 1. The molecule has 112 valence electrons. The summed E-state index contributed by atoms with van der Waals surface area (Å²) in [4.78, 5) is 11.7. The molecule has 0 aliphatic carbocycles. The first kappa shape index (κ1) is 14.4.